The van der Waals surface area contributed by atoms with E-state index < -0.39 is 5.97 Å². The highest BCUT2D eigenvalue weighted by atomic mass is 32.2. The first kappa shape index (κ1) is 12.6. The van der Waals surface area contributed by atoms with Gasteiger partial charge in [0.2, 0.25) is 0 Å². The van der Waals surface area contributed by atoms with Crippen LogP contribution in [0.5, 0.6) is 0 Å². The first-order valence-electron chi connectivity index (χ1n) is 5.28. The third kappa shape index (κ3) is 2.70. The third-order valence-electron chi connectivity index (χ3n) is 2.58. The summed E-state index contributed by atoms with van der Waals surface area (Å²) in [5.74, 6) is -0.892. The van der Waals surface area contributed by atoms with Crippen molar-refractivity contribution in [2.45, 2.75) is 18.6 Å². The first-order valence-corrected chi connectivity index (χ1v) is 6.26. The zero-order valence-corrected chi connectivity index (χ0v) is 10.9. The maximum absolute atomic E-state index is 10.5. The average molecular weight is 267 g/mol. The summed E-state index contributed by atoms with van der Waals surface area (Å²) in [6.07, 6.45) is 3.39. The highest BCUT2D eigenvalue weighted by Crippen LogP contribution is 2.17. The lowest BCUT2D eigenvalue weighted by Crippen LogP contribution is -2.04. The summed E-state index contributed by atoms with van der Waals surface area (Å²) < 4.78 is 3.61. The van der Waals surface area contributed by atoms with Gasteiger partial charge in [0.1, 0.15) is 6.33 Å². The summed E-state index contributed by atoms with van der Waals surface area (Å²) in [7, 11) is 1.88. The zero-order valence-electron chi connectivity index (χ0n) is 10.1. The number of hydrogen-bond acceptors (Lipinski definition) is 5. The lowest BCUT2D eigenvalue weighted by Gasteiger charge is -2.04. The monoisotopic (exact) mass is 267 g/mol. The molecule has 0 aliphatic heterocycles. The second-order valence-corrected chi connectivity index (χ2v) is 4.75. The van der Waals surface area contributed by atoms with Crippen LogP contribution in [0.25, 0.3) is 0 Å². The number of hydrogen-bond donors (Lipinski definition) is 1. The minimum Gasteiger partial charge on any atom is -0.481 e. The molecule has 0 atom stereocenters. The minimum atomic E-state index is -0.868. The highest BCUT2D eigenvalue weighted by Gasteiger charge is 2.10. The van der Waals surface area contributed by atoms with E-state index in [9.17, 15) is 4.79 Å². The molecule has 7 nitrogen and oxygen atoms in total. The Balaban J connectivity index is 2.12. The molecule has 1 N–H and O–H groups in total. The number of carboxylic acid groups (broad SMARTS) is 1. The van der Waals surface area contributed by atoms with E-state index in [4.69, 9.17) is 5.11 Å². The molecule has 0 saturated carbocycles. The molecule has 0 radical (unpaired) electrons. The Morgan fingerprint density at radius 2 is 2.33 bits per heavy atom. The van der Waals surface area contributed by atoms with Gasteiger partial charge in [-0.1, -0.05) is 11.8 Å². The molecule has 8 heteroatoms. The molecule has 0 fully saturated rings. The molecule has 0 unspecified atom stereocenters. The second kappa shape index (κ2) is 5.21. The van der Waals surface area contributed by atoms with Gasteiger partial charge in [-0.15, -0.1) is 10.2 Å². The number of carboxylic acids is 1. The van der Waals surface area contributed by atoms with Crippen molar-refractivity contribution >= 4 is 17.7 Å². The lowest BCUT2D eigenvalue weighted by molar-refractivity contribution is -0.133. The molecule has 2 aromatic rings. The van der Waals surface area contributed by atoms with E-state index >= 15 is 0 Å². The third-order valence-corrected chi connectivity index (χ3v) is 3.55. The fourth-order valence-electron chi connectivity index (χ4n) is 1.47. The Hall–Kier alpha value is -1.83. The van der Waals surface area contributed by atoms with Gasteiger partial charge in [-0.2, -0.15) is 5.10 Å². The van der Waals surface area contributed by atoms with Gasteiger partial charge in [0.15, 0.2) is 5.16 Å². The summed E-state index contributed by atoms with van der Waals surface area (Å²) in [5.41, 5.74) is 2.13. The number of thioether (sulfide) groups is 1. The molecular weight excluding hydrogens is 254 g/mol. The summed E-state index contributed by atoms with van der Waals surface area (Å²) in [5, 5.41) is 21.1. The standard InChI is InChI=1S/C10H13N5O2S/c1-7-8(3-12-14(7)2)4-15-6-11-13-10(15)18-5-9(16)17/h3,6H,4-5H2,1-2H3,(H,16,17). The minimum absolute atomic E-state index is 0.0231. The number of rotatable bonds is 5. The van der Waals surface area contributed by atoms with Crippen molar-refractivity contribution in [1.29, 1.82) is 0 Å². The molecule has 0 spiro atoms. The fraction of sp³-hybridized carbons (Fsp3) is 0.400. The Morgan fingerprint density at radius 3 is 2.94 bits per heavy atom. The van der Waals surface area contributed by atoms with Gasteiger partial charge in [-0.3, -0.25) is 9.48 Å². The van der Waals surface area contributed by atoms with Crippen molar-refractivity contribution in [2.75, 3.05) is 5.75 Å². The second-order valence-electron chi connectivity index (χ2n) is 3.80. The Morgan fingerprint density at radius 1 is 1.56 bits per heavy atom. The highest BCUT2D eigenvalue weighted by molar-refractivity contribution is 7.99. The summed E-state index contributed by atoms with van der Waals surface area (Å²) in [6.45, 7) is 2.57. The molecule has 2 heterocycles. The van der Waals surface area contributed by atoms with Crippen LogP contribution in [-0.4, -0.2) is 41.4 Å². The van der Waals surface area contributed by atoms with E-state index in [1.165, 1.54) is 0 Å². The van der Waals surface area contributed by atoms with Crippen LogP contribution >= 0.6 is 11.8 Å². The van der Waals surface area contributed by atoms with Crippen LogP contribution in [0, 0.1) is 6.92 Å². The van der Waals surface area contributed by atoms with Crippen molar-refractivity contribution < 1.29 is 9.90 Å². The average Bonchev–Trinajstić information content (AvgIpc) is 2.88. The van der Waals surface area contributed by atoms with Crippen molar-refractivity contribution in [2.24, 2.45) is 7.05 Å². The largest absolute Gasteiger partial charge is 0.481 e. The van der Waals surface area contributed by atoms with Gasteiger partial charge in [0.25, 0.3) is 0 Å². The summed E-state index contributed by atoms with van der Waals surface area (Å²) in [4.78, 5) is 10.5. The molecule has 0 aliphatic carbocycles. The van der Waals surface area contributed by atoms with Crippen molar-refractivity contribution in [1.82, 2.24) is 24.5 Å². The molecule has 0 aliphatic rings. The Labute approximate surface area is 108 Å². The molecule has 2 rings (SSSR count). The Kier molecular flexibility index (Phi) is 3.66. The molecule has 0 aromatic carbocycles. The maximum atomic E-state index is 10.5. The number of nitrogens with zero attached hydrogens (tertiary/aromatic N) is 5. The topological polar surface area (TPSA) is 85.8 Å². The molecular formula is C10H13N5O2S. The van der Waals surface area contributed by atoms with Gasteiger partial charge < -0.3 is 9.67 Å². The lowest BCUT2D eigenvalue weighted by atomic mass is 10.2. The molecule has 0 bridgehead atoms. The van der Waals surface area contributed by atoms with Gasteiger partial charge in [0.05, 0.1) is 18.5 Å². The van der Waals surface area contributed by atoms with Crippen LogP contribution in [0.1, 0.15) is 11.3 Å². The van der Waals surface area contributed by atoms with E-state index in [0.29, 0.717) is 11.7 Å². The van der Waals surface area contributed by atoms with Gasteiger partial charge in [-0.25, -0.2) is 0 Å². The van der Waals surface area contributed by atoms with Gasteiger partial charge in [0, 0.05) is 18.3 Å². The number of carbonyl (C=O) groups is 1. The van der Waals surface area contributed by atoms with E-state index in [-0.39, 0.29) is 5.75 Å². The summed E-state index contributed by atoms with van der Waals surface area (Å²) in [6, 6.07) is 0. The number of aliphatic carboxylic acids is 1. The number of aryl methyl sites for hydroxylation is 1. The van der Waals surface area contributed by atoms with Gasteiger partial charge in [-0.05, 0) is 6.92 Å². The number of aromatic nitrogens is 5. The predicted octanol–water partition coefficient (Wildman–Crippen LogP) is 0.545. The van der Waals surface area contributed by atoms with E-state index in [2.05, 4.69) is 15.3 Å². The molecule has 2 aromatic heterocycles. The van der Waals surface area contributed by atoms with Crippen LogP contribution in [0.4, 0.5) is 0 Å². The van der Waals surface area contributed by atoms with Crippen LogP contribution in [0.3, 0.4) is 0 Å². The normalized spacial score (nSPS) is 10.8. The Bertz CT molecular complexity index is 562. The van der Waals surface area contributed by atoms with Gasteiger partial charge >= 0.3 is 5.97 Å². The zero-order chi connectivity index (χ0) is 13.1. The van der Waals surface area contributed by atoms with Crippen LogP contribution in [0.2, 0.25) is 0 Å². The smallest absolute Gasteiger partial charge is 0.313 e. The van der Waals surface area contributed by atoms with Crippen LogP contribution < -0.4 is 0 Å². The molecule has 18 heavy (non-hydrogen) atoms. The SMILES string of the molecule is Cc1c(Cn2cnnc2SCC(=O)O)cnn1C. The van der Waals surface area contributed by atoms with Crippen molar-refractivity contribution in [3.8, 4) is 0 Å². The molecule has 0 amide bonds. The van der Waals surface area contributed by atoms with E-state index in [0.717, 1.165) is 23.0 Å². The summed E-state index contributed by atoms with van der Waals surface area (Å²) >= 11 is 1.16. The van der Waals surface area contributed by atoms with Crippen molar-refractivity contribution in [3.05, 3.63) is 23.8 Å². The first-order chi connectivity index (χ1) is 8.58. The van der Waals surface area contributed by atoms with Crippen LogP contribution in [-0.2, 0) is 18.4 Å². The fourth-order valence-corrected chi connectivity index (χ4v) is 2.11. The predicted molar refractivity (Wildman–Crippen MR) is 65.4 cm³/mol. The molecule has 0 saturated heterocycles. The molecule has 96 valence electrons. The maximum Gasteiger partial charge on any atom is 0.313 e. The van der Waals surface area contributed by atoms with Crippen LogP contribution in [0.15, 0.2) is 17.7 Å². The quantitative estimate of drug-likeness (QED) is 0.796. The van der Waals surface area contributed by atoms with Crippen molar-refractivity contribution in [3.63, 3.8) is 0 Å². The van der Waals surface area contributed by atoms with E-state index in [1.807, 2.05) is 18.5 Å². The van der Waals surface area contributed by atoms with E-state index in [1.54, 1.807) is 17.2 Å².